The van der Waals surface area contributed by atoms with Gasteiger partial charge < -0.3 is 24.4 Å². The number of cyclic esters (lactones) is 2. The molecule has 2 heterocycles. The van der Waals surface area contributed by atoms with Gasteiger partial charge in [-0.15, -0.1) is 0 Å². The van der Waals surface area contributed by atoms with Crippen LogP contribution in [-0.4, -0.2) is 41.0 Å². The predicted octanol–water partition coefficient (Wildman–Crippen LogP) is 1.38. The average Bonchev–Trinajstić information content (AvgIpc) is 3.09. The van der Waals surface area contributed by atoms with Crippen LogP contribution in [0.4, 0.5) is 0 Å². The van der Waals surface area contributed by atoms with Crippen LogP contribution in [0, 0.1) is 6.92 Å². The zero-order chi connectivity index (χ0) is 17.6. The van der Waals surface area contributed by atoms with Gasteiger partial charge in [-0.3, -0.25) is 4.79 Å². The van der Waals surface area contributed by atoms with Crippen LogP contribution in [0.25, 0.3) is 0 Å². The minimum atomic E-state index is -1.04. The maximum Gasteiger partial charge on any atom is 0.342 e. The monoisotopic (exact) mass is 336 g/mol. The summed E-state index contributed by atoms with van der Waals surface area (Å²) < 4.78 is 15.6. The second kappa shape index (κ2) is 5.66. The summed E-state index contributed by atoms with van der Waals surface area (Å²) in [6.07, 6.45) is -0.423. The topological polar surface area (TPSA) is 102 Å². The van der Waals surface area contributed by atoms with Crippen molar-refractivity contribution in [1.29, 1.82) is 0 Å². The van der Waals surface area contributed by atoms with Crippen molar-refractivity contribution in [3.63, 3.8) is 0 Å². The van der Waals surface area contributed by atoms with E-state index in [4.69, 9.17) is 14.2 Å². The second-order valence-electron chi connectivity index (χ2n) is 6.42. The highest BCUT2D eigenvalue weighted by Gasteiger charge is 2.43. The molecule has 1 aromatic rings. The van der Waals surface area contributed by atoms with E-state index in [2.05, 4.69) is 0 Å². The summed E-state index contributed by atoms with van der Waals surface area (Å²) in [4.78, 5) is 23.3. The van der Waals surface area contributed by atoms with E-state index < -0.39 is 17.7 Å². The lowest BCUT2D eigenvalue weighted by molar-refractivity contribution is -0.156. The molecule has 0 aromatic heterocycles. The molecule has 1 aromatic carbocycles. The van der Waals surface area contributed by atoms with Gasteiger partial charge in [-0.2, -0.15) is 0 Å². The van der Waals surface area contributed by atoms with Crippen LogP contribution in [0.2, 0.25) is 0 Å². The van der Waals surface area contributed by atoms with Crippen molar-refractivity contribution in [1.82, 2.24) is 0 Å². The SMILES string of the molecule is COc1c(C)c2c(c(O)c1C[C@H](O)[C@]1(C)CCC(=O)O1)C(=O)OC2. The summed E-state index contributed by atoms with van der Waals surface area (Å²) in [7, 11) is 1.46. The number of carbonyl (C=O) groups is 2. The zero-order valence-electron chi connectivity index (χ0n) is 13.8. The average molecular weight is 336 g/mol. The molecule has 7 nitrogen and oxygen atoms in total. The van der Waals surface area contributed by atoms with Gasteiger partial charge in [-0.25, -0.2) is 4.79 Å². The maximum absolute atomic E-state index is 11.9. The fourth-order valence-corrected chi connectivity index (χ4v) is 3.38. The Bertz CT molecular complexity index is 724. The van der Waals surface area contributed by atoms with Crippen molar-refractivity contribution in [2.45, 2.75) is 51.4 Å². The molecule has 1 fully saturated rings. The lowest BCUT2D eigenvalue weighted by Gasteiger charge is -2.29. The summed E-state index contributed by atoms with van der Waals surface area (Å²) in [5.74, 6) is -0.803. The summed E-state index contributed by atoms with van der Waals surface area (Å²) >= 11 is 0. The molecule has 2 aliphatic heterocycles. The largest absolute Gasteiger partial charge is 0.507 e. The van der Waals surface area contributed by atoms with Crippen LogP contribution in [-0.2, 0) is 27.3 Å². The van der Waals surface area contributed by atoms with Crippen LogP contribution in [0.1, 0.15) is 46.8 Å². The third kappa shape index (κ3) is 2.39. The zero-order valence-corrected chi connectivity index (χ0v) is 13.8. The number of benzene rings is 1. The third-order valence-corrected chi connectivity index (χ3v) is 4.92. The Morgan fingerprint density at radius 3 is 2.67 bits per heavy atom. The van der Waals surface area contributed by atoms with Crippen LogP contribution >= 0.6 is 0 Å². The highest BCUT2D eigenvalue weighted by atomic mass is 16.6. The lowest BCUT2D eigenvalue weighted by atomic mass is 9.87. The Balaban J connectivity index is 2.02. The Labute approximate surface area is 139 Å². The highest BCUT2D eigenvalue weighted by molar-refractivity contribution is 5.98. The number of phenolic OH excluding ortho intramolecular Hbond substituents is 1. The molecule has 1 saturated heterocycles. The molecule has 24 heavy (non-hydrogen) atoms. The van der Waals surface area contributed by atoms with Gasteiger partial charge in [0.2, 0.25) is 0 Å². The first kappa shape index (κ1) is 16.6. The summed E-state index contributed by atoms with van der Waals surface area (Å²) in [5.41, 5.74) is 0.675. The van der Waals surface area contributed by atoms with E-state index in [9.17, 15) is 19.8 Å². The first-order valence-corrected chi connectivity index (χ1v) is 7.76. The summed E-state index contributed by atoms with van der Waals surface area (Å²) in [6, 6.07) is 0. The number of ether oxygens (including phenoxy) is 3. The van der Waals surface area contributed by atoms with Gasteiger partial charge in [0.05, 0.1) is 13.2 Å². The van der Waals surface area contributed by atoms with Crippen LogP contribution in [0.3, 0.4) is 0 Å². The van der Waals surface area contributed by atoms with Crippen molar-refractivity contribution in [3.8, 4) is 11.5 Å². The van der Waals surface area contributed by atoms with Crippen LogP contribution in [0.15, 0.2) is 0 Å². The van der Waals surface area contributed by atoms with E-state index >= 15 is 0 Å². The van der Waals surface area contributed by atoms with Gasteiger partial charge in [0.1, 0.15) is 29.3 Å². The molecule has 0 bridgehead atoms. The van der Waals surface area contributed by atoms with Crippen LogP contribution in [0.5, 0.6) is 11.5 Å². The van der Waals surface area contributed by atoms with Crippen molar-refractivity contribution in [2.75, 3.05) is 7.11 Å². The number of rotatable bonds is 4. The van der Waals surface area contributed by atoms with Crippen molar-refractivity contribution < 1.29 is 34.0 Å². The smallest absolute Gasteiger partial charge is 0.342 e. The summed E-state index contributed by atoms with van der Waals surface area (Å²) in [6.45, 7) is 3.51. The van der Waals surface area contributed by atoms with Crippen LogP contribution < -0.4 is 4.74 Å². The number of carbonyl (C=O) groups excluding carboxylic acids is 2. The molecule has 0 amide bonds. The number of aliphatic hydroxyl groups is 1. The van der Waals surface area contributed by atoms with E-state index in [0.29, 0.717) is 28.9 Å². The molecule has 3 rings (SSSR count). The molecular formula is C17H20O7. The van der Waals surface area contributed by atoms with Crippen molar-refractivity contribution >= 4 is 11.9 Å². The van der Waals surface area contributed by atoms with Gasteiger partial charge in [-0.05, 0) is 25.8 Å². The molecule has 2 aliphatic rings. The van der Waals surface area contributed by atoms with E-state index in [1.807, 2.05) is 0 Å². The van der Waals surface area contributed by atoms with Gasteiger partial charge in [0, 0.05) is 24.0 Å². The minimum absolute atomic E-state index is 0.0137. The molecule has 7 heteroatoms. The van der Waals surface area contributed by atoms with Gasteiger partial charge in [0.15, 0.2) is 0 Å². The quantitative estimate of drug-likeness (QED) is 0.801. The molecule has 0 saturated carbocycles. The van der Waals surface area contributed by atoms with E-state index in [1.54, 1.807) is 13.8 Å². The molecular weight excluding hydrogens is 316 g/mol. The number of aliphatic hydroxyl groups excluding tert-OH is 1. The van der Waals surface area contributed by atoms with Crippen molar-refractivity contribution in [3.05, 3.63) is 22.3 Å². The van der Waals surface area contributed by atoms with Gasteiger partial charge in [0.25, 0.3) is 0 Å². The second-order valence-corrected chi connectivity index (χ2v) is 6.42. The molecule has 0 unspecified atom stereocenters. The molecule has 130 valence electrons. The molecule has 0 spiro atoms. The first-order valence-electron chi connectivity index (χ1n) is 7.76. The number of phenols is 1. The Morgan fingerprint density at radius 2 is 2.08 bits per heavy atom. The normalized spacial score (nSPS) is 23.7. The third-order valence-electron chi connectivity index (χ3n) is 4.92. The summed E-state index contributed by atoms with van der Waals surface area (Å²) in [5, 5.41) is 21.1. The van der Waals surface area contributed by atoms with Gasteiger partial charge in [-0.1, -0.05) is 0 Å². The Morgan fingerprint density at radius 1 is 1.38 bits per heavy atom. The highest BCUT2D eigenvalue weighted by Crippen LogP contribution is 2.43. The maximum atomic E-state index is 11.9. The number of aromatic hydroxyl groups is 1. The number of esters is 2. The van der Waals surface area contributed by atoms with E-state index in [0.717, 1.165) is 0 Å². The molecule has 0 radical (unpaired) electrons. The Hall–Kier alpha value is -2.28. The van der Waals surface area contributed by atoms with E-state index in [-0.39, 0.29) is 36.7 Å². The first-order chi connectivity index (χ1) is 11.3. The number of hydrogen-bond donors (Lipinski definition) is 2. The van der Waals surface area contributed by atoms with Crippen molar-refractivity contribution in [2.24, 2.45) is 0 Å². The molecule has 0 aliphatic carbocycles. The number of fused-ring (bicyclic) bond motifs is 1. The van der Waals surface area contributed by atoms with Gasteiger partial charge >= 0.3 is 11.9 Å². The Kier molecular flexibility index (Phi) is 3.91. The fraction of sp³-hybridized carbons (Fsp3) is 0.529. The molecule has 2 N–H and O–H groups in total. The molecule has 2 atom stereocenters. The number of methoxy groups -OCH3 is 1. The fourth-order valence-electron chi connectivity index (χ4n) is 3.38. The predicted molar refractivity (Wildman–Crippen MR) is 82.0 cm³/mol. The van der Waals surface area contributed by atoms with E-state index in [1.165, 1.54) is 7.11 Å². The number of hydrogen-bond acceptors (Lipinski definition) is 7. The minimum Gasteiger partial charge on any atom is -0.507 e. The standard InChI is InChI=1S/C17H20O7/c1-8-10-7-23-16(21)13(10)14(20)9(15(8)22-3)6-11(18)17(2)5-4-12(19)24-17/h11,18,20H,4-7H2,1-3H3/t11-,17-/m0/s1. The lowest BCUT2D eigenvalue weighted by Crippen LogP contribution is -2.40.